The van der Waals surface area contributed by atoms with Gasteiger partial charge in [-0.15, -0.1) is 0 Å². The van der Waals surface area contributed by atoms with E-state index < -0.39 is 12.0 Å². The third-order valence-corrected chi connectivity index (χ3v) is 3.48. The molecule has 1 aromatic heterocycles. The molecule has 0 aromatic carbocycles. The monoisotopic (exact) mass is 266 g/mol. The van der Waals surface area contributed by atoms with Gasteiger partial charge in [0.15, 0.2) is 0 Å². The molecule has 1 aliphatic rings. The lowest BCUT2D eigenvalue weighted by Crippen LogP contribution is -2.53. The maximum atomic E-state index is 12.1. The molecule has 1 amide bonds. The topological polar surface area (TPSA) is 74.0 Å². The van der Waals surface area contributed by atoms with Crippen LogP contribution in [0.1, 0.15) is 23.7 Å². The Morgan fingerprint density at radius 2 is 2.05 bits per heavy atom. The van der Waals surface area contributed by atoms with E-state index >= 15 is 0 Å². The molecule has 0 bridgehead atoms. The van der Waals surface area contributed by atoms with Crippen molar-refractivity contribution in [1.29, 1.82) is 0 Å². The van der Waals surface area contributed by atoms with E-state index in [0.717, 1.165) is 0 Å². The normalized spacial score (nSPS) is 18.3. The Hall–Kier alpha value is -1.82. The number of aliphatic carboxylic acids is 1. The summed E-state index contributed by atoms with van der Waals surface area (Å²) in [6.45, 7) is 4.15. The summed E-state index contributed by atoms with van der Waals surface area (Å²) in [7, 11) is 0. The number of amides is 1. The molecule has 1 aromatic rings. The predicted molar refractivity (Wildman–Crippen MR) is 67.9 cm³/mol. The van der Waals surface area contributed by atoms with Crippen molar-refractivity contribution in [3.05, 3.63) is 24.2 Å². The number of carboxylic acid groups (broad SMARTS) is 1. The van der Waals surface area contributed by atoms with Gasteiger partial charge in [0.2, 0.25) is 0 Å². The van der Waals surface area contributed by atoms with Crippen molar-refractivity contribution >= 4 is 11.9 Å². The third kappa shape index (κ3) is 2.96. The van der Waals surface area contributed by atoms with Crippen LogP contribution in [0.25, 0.3) is 0 Å². The molecule has 1 fully saturated rings. The van der Waals surface area contributed by atoms with E-state index in [1.807, 2.05) is 11.8 Å². The van der Waals surface area contributed by atoms with Gasteiger partial charge in [-0.3, -0.25) is 14.5 Å². The summed E-state index contributed by atoms with van der Waals surface area (Å²) in [5.74, 6) is -0.853. The van der Waals surface area contributed by atoms with Gasteiger partial charge >= 0.3 is 5.97 Å². The number of nitrogens with zero attached hydrogens (tertiary/aromatic N) is 2. The highest BCUT2D eigenvalue weighted by atomic mass is 16.4. The Kier molecular flexibility index (Phi) is 4.21. The average Bonchev–Trinajstić information content (AvgIpc) is 2.93. The Morgan fingerprint density at radius 3 is 2.53 bits per heavy atom. The van der Waals surface area contributed by atoms with Crippen LogP contribution in [0, 0.1) is 0 Å². The molecular formula is C13H18N2O4. The molecule has 19 heavy (non-hydrogen) atoms. The van der Waals surface area contributed by atoms with E-state index in [4.69, 9.17) is 9.52 Å². The van der Waals surface area contributed by atoms with Crippen molar-refractivity contribution in [2.75, 3.05) is 26.2 Å². The summed E-state index contributed by atoms with van der Waals surface area (Å²) in [6.07, 6.45) is 3.48. The molecule has 104 valence electrons. The summed E-state index contributed by atoms with van der Waals surface area (Å²) in [4.78, 5) is 26.8. The number of piperazine rings is 1. The molecule has 6 heteroatoms. The van der Waals surface area contributed by atoms with E-state index in [9.17, 15) is 9.59 Å². The lowest BCUT2D eigenvalue weighted by atomic mass is 10.1. The van der Waals surface area contributed by atoms with Crippen LogP contribution < -0.4 is 0 Å². The first kappa shape index (κ1) is 13.6. The second-order valence-electron chi connectivity index (χ2n) is 4.60. The lowest BCUT2D eigenvalue weighted by Gasteiger charge is -2.37. The minimum atomic E-state index is -0.794. The van der Waals surface area contributed by atoms with Crippen LogP contribution in [-0.2, 0) is 4.79 Å². The van der Waals surface area contributed by atoms with Gasteiger partial charge < -0.3 is 14.4 Å². The van der Waals surface area contributed by atoms with Gasteiger partial charge in [-0.2, -0.15) is 0 Å². The van der Waals surface area contributed by atoms with Crippen molar-refractivity contribution in [1.82, 2.24) is 9.80 Å². The molecule has 0 spiro atoms. The Labute approximate surface area is 111 Å². The van der Waals surface area contributed by atoms with Gasteiger partial charge in [-0.1, -0.05) is 6.92 Å². The molecule has 1 saturated heterocycles. The van der Waals surface area contributed by atoms with Gasteiger partial charge in [0, 0.05) is 26.2 Å². The van der Waals surface area contributed by atoms with Crippen LogP contribution in [0.2, 0.25) is 0 Å². The molecule has 0 aliphatic carbocycles. The fourth-order valence-electron chi connectivity index (χ4n) is 2.39. The van der Waals surface area contributed by atoms with Crippen molar-refractivity contribution in [2.24, 2.45) is 0 Å². The molecule has 2 heterocycles. The second kappa shape index (κ2) is 5.88. The zero-order chi connectivity index (χ0) is 13.8. The number of hydrogen-bond acceptors (Lipinski definition) is 4. The van der Waals surface area contributed by atoms with E-state index in [1.54, 1.807) is 11.0 Å². The maximum absolute atomic E-state index is 12.1. The van der Waals surface area contributed by atoms with Gasteiger partial charge in [0.05, 0.1) is 11.8 Å². The number of carboxylic acids is 1. The predicted octanol–water partition coefficient (Wildman–Crippen LogP) is 0.901. The smallest absolute Gasteiger partial charge is 0.320 e. The number of carbonyl (C=O) groups is 2. The number of rotatable bonds is 4. The zero-order valence-electron chi connectivity index (χ0n) is 10.9. The fraction of sp³-hybridized carbons (Fsp3) is 0.538. The molecule has 2 rings (SSSR count). The average molecular weight is 266 g/mol. The van der Waals surface area contributed by atoms with Crippen LogP contribution in [0.5, 0.6) is 0 Å². The number of carbonyl (C=O) groups excluding carboxylic acids is 1. The van der Waals surface area contributed by atoms with Crippen LogP contribution in [0.15, 0.2) is 23.0 Å². The zero-order valence-corrected chi connectivity index (χ0v) is 10.9. The van der Waals surface area contributed by atoms with E-state index in [2.05, 4.69) is 0 Å². The lowest BCUT2D eigenvalue weighted by molar-refractivity contribution is -0.144. The quantitative estimate of drug-likeness (QED) is 0.876. The third-order valence-electron chi connectivity index (χ3n) is 3.48. The SMILES string of the molecule is CC[C@H](C(=O)O)N1CCN(C(=O)c2ccoc2)CC1. The van der Waals surface area contributed by atoms with Crippen molar-refractivity contribution < 1.29 is 19.1 Å². The standard InChI is InChI=1S/C13H18N2O4/c1-2-11(13(17)18)14-4-6-15(7-5-14)12(16)10-3-8-19-9-10/h3,8-9,11H,2,4-7H2,1H3,(H,17,18)/t11-/m1/s1. The molecular weight excluding hydrogens is 248 g/mol. The largest absolute Gasteiger partial charge is 0.480 e. The van der Waals surface area contributed by atoms with E-state index in [0.29, 0.717) is 38.2 Å². The summed E-state index contributed by atoms with van der Waals surface area (Å²) >= 11 is 0. The van der Waals surface area contributed by atoms with Crippen molar-refractivity contribution in [3.8, 4) is 0 Å². The second-order valence-corrected chi connectivity index (χ2v) is 4.60. The Bertz CT molecular complexity index is 436. The van der Waals surface area contributed by atoms with Gasteiger partial charge in [0.25, 0.3) is 5.91 Å². The highest BCUT2D eigenvalue weighted by molar-refractivity contribution is 5.93. The fourth-order valence-corrected chi connectivity index (χ4v) is 2.39. The summed E-state index contributed by atoms with van der Waals surface area (Å²) in [6, 6.07) is 1.19. The highest BCUT2D eigenvalue weighted by Gasteiger charge is 2.29. The summed E-state index contributed by atoms with van der Waals surface area (Å²) < 4.78 is 4.90. The molecule has 1 aliphatic heterocycles. The van der Waals surface area contributed by atoms with Crippen LogP contribution in [0.3, 0.4) is 0 Å². The van der Waals surface area contributed by atoms with Crippen LogP contribution in [-0.4, -0.2) is 59.0 Å². The minimum Gasteiger partial charge on any atom is -0.480 e. The van der Waals surface area contributed by atoms with Gasteiger partial charge in [-0.05, 0) is 12.5 Å². The van der Waals surface area contributed by atoms with Gasteiger partial charge in [-0.25, -0.2) is 0 Å². The van der Waals surface area contributed by atoms with Crippen molar-refractivity contribution in [3.63, 3.8) is 0 Å². The maximum Gasteiger partial charge on any atom is 0.320 e. The molecule has 0 unspecified atom stereocenters. The van der Waals surface area contributed by atoms with Crippen LogP contribution >= 0.6 is 0 Å². The Morgan fingerprint density at radius 1 is 1.37 bits per heavy atom. The first-order valence-electron chi connectivity index (χ1n) is 6.41. The minimum absolute atomic E-state index is 0.0585. The Balaban J connectivity index is 1.92. The highest BCUT2D eigenvalue weighted by Crippen LogP contribution is 2.12. The van der Waals surface area contributed by atoms with E-state index in [-0.39, 0.29) is 5.91 Å². The first-order valence-corrected chi connectivity index (χ1v) is 6.41. The summed E-state index contributed by atoms with van der Waals surface area (Å²) in [5, 5.41) is 9.12. The molecule has 0 radical (unpaired) electrons. The first-order chi connectivity index (χ1) is 9.13. The molecule has 0 saturated carbocycles. The number of furan rings is 1. The van der Waals surface area contributed by atoms with Crippen molar-refractivity contribution in [2.45, 2.75) is 19.4 Å². The van der Waals surface area contributed by atoms with E-state index in [1.165, 1.54) is 12.5 Å². The van der Waals surface area contributed by atoms with Gasteiger partial charge in [0.1, 0.15) is 12.3 Å². The molecule has 1 atom stereocenters. The summed E-state index contributed by atoms with van der Waals surface area (Å²) in [5.41, 5.74) is 0.540. The molecule has 1 N–H and O–H groups in total. The number of hydrogen-bond donors (Lipinski definition) is 1. The van der Waals surface area contributed by atoms with Crippen LogP contribution in [0.4, 0.5) is 0 Å². The molecule has 6 nitrogen and oxygen atoms in total.